The van der Waals surface area contributed by atoms with Crippen LogP contribution in [0.25, 0.3) is 0 Å². The molecule has 1 unspecified atom stereocenters. The lowest BCUT2D eigenvalue weighted by Gasteiger charge is -2.35. The Morgan fingerprint density at radius 1 is 1.35 bits per heavy atom. The first-order valence-electron chi connectivity index (χ1n) is 5.88. The van der Waals surface area contributed by atoms with E-state index in [0.29, 0.717) is 0 Å². The van der Waals surface area contributed by atoms with Crippen molar-refractivity contribution in [3.8, 4) is 5.75 Å². The van der Waals surface area contributed by atoms with Crippen molar-refractivity contribution < 1.29 is 9.53 Å². The highest BCUT2D eigenvalue weighted by Crippen LogP contribution is 2.37. The Kier molecular flexibility index (Phi) is 2.33. The van der Waals surface area contributed by atoms with E-state index in [1.54, 1.807) is 7.11 Å². The number of rotatable bonds is 1. The first-order valence-corrected chi connectivity index (χ1v) is 5.88. The highest BCUT2D eigenvalue weighted by Gasteiger charge is 2.39. The van der Waals surface area contributed by atoms with Gasteiger partial charge in [0, 0.05) is 25.2 Å². The van der Waals surface area contributed by atoms with Crippen LogP contribution in [0.5, 0.6) is 5.75 Å². The van der Waals surface area contributed by atoms with Crippen LogP contribution in [0.15, 0.2) is 18.2 Å². The van der Waals surface area contributed by atoms with Crippen molar-refractivity contribution in [2.45, 2.75) is 6.04 Å². The Morgan fingerprint density at radius 3 is 2.94 bits per heavy atom. The summed E-state index contributed by atoms with van der Waals surface area (Å²) >= 11 is 0. The van der Waals surface area contributed by atoms with Crippen LogP contribution in [0.2, 0.25) is 0 Å². The van der Waals surface area contributed by atoms with Gasteiger partial charge in [-0.15, -0.1) is 0 Å². The molecular formula is C13H16N2O2. The fraction of sp³-hybridized carbons (Fsp3) is 0.462. The third kappa shape index (κ3) is 1.52. The molecule has 0 radical (unpaired) electrons. The van der Waals surface area contributed by atoms with Crippen molar-refractivity contribution in [3.05, 3.63) is 29.3 Å². The number of methoxy groups -OCH3 is 1. The van der Waals surface area contributed by atoms with Crippen LogP contribution in [-0.2, 0) is 0 Å². The van der Waals surface area contributed by atoms with Crippen LogP contribution in [0.3, 0.4) is 0 Å². The van der Waals surface area contributed by atoms with Gasteiger partial charge in [-0.25, -0.2) is 0 Å². The molecule has 3 rings (SSSR count). The topological polar surface area (TPSA) is 32.8 Å². The minimum Gasteiger partial charge on any atom is -0.497 e. The Balaban J connectivity index is 2.03. The van der Waals surface area contributed by atoms with Gasteiger partial charge in [0.2, 0.25) is 0 Å². The fourth-order valence-electron chi connectivity index (χ4n) is 2.72. The molecule has 0 saturated carbocycles. The van der Waals surface area contributed by atoms with Gasteiger partial charge in [0.25, 0.3) is 5.91 Å². The molecule has 2 heterocycles. The van der Waals surface area contributed by atoms with Crippen molar-refractivity contribution in [2.75, 3.05) is 33.8 Å². The number of amides is 1. The molecule has 17 heavy (non-hydrogen) atoms. The number of carbonyl (C=O) groups is 1. The molecule has 0 bridgehead atoms. The zero-order valence-electron chi connectivity index (χ0n) is 10.1. The predicted molar refractivity (Wildman–Crippen MR) is 64.3 cm³/mol. The second-order valence-electron chi connectivity index (χ2n) is 4.73. The van der Waals surface area contributed by atoms with Gasteiger partial charge in [-0.3, -0.25) is 4.79 Å². The van der Waals surface area contributed by atoms with E-state index >= 15 is 0 Å². The molecule has 90 valence electrons. The number of likely N-dealkylation sites (N-methyl/N-ethyl adjacent to an activating group) is 1. The Hall–Kier alpha value is -1.55. The second kappa shape index (κ2) is 3.74. The molecule has 0 spiro atoms. The van der Waals surface area contributed by atoms with Gasteiger partial charge in [0.1, 0.15) is 5.75 Å². The van der Waals surface area contributed by atoms with E-state index in [4.69, 9.17) is 4.74 Å². The van der Waals surface area contributed by atoms with Gasteiger partial charge in [0.15, 0.2) is 0 Å². The molecule has 1 atom stereocenters. The van der Waals surface area contributed by atoms with E-state index in [9.17, 15) is 4.79 Å². The molecule has 0 N–H and O–H groups in total. The first-order chi connectivity index (χ1) is 8.20. The molecule has 4 nitrogen and oxygen atoms in total. The smallest absolute Gasteiger partial charge is 0.254 e. The number of fused-ring (bicyclic) bond motifs is 3. The summed E-state index contributed by atoms with van der Waals surface area (Å²) in [6.07, 6.45) is 0. The summed E-state index contributed by atoms with van der Waals surface area (Å²) < 4.78 is 5.18. The van der Waals surface area contributed by atoms with Crippen LogP contribution < -0.4 is 4.74 Å². The molecule has 1 amide bonds. The second-order valence-corrected chi connectivity index (χ2v) is 4.73. The van der Waals surface area contributed by atoms with Crippen molar-refractivity contribution in [1.29, 1.82) is 0 Å². The number of benzene rings is 1. The van der Waals surface area contributed by atoms with Gasteiger partial charge >= 0.3 is 0 Å². The van der Waals surface area contributed by atoms with Crippen LogP contribution in [0.4, 0.5) is 0 Å². The lowest BCUT2D eigenvalue weighted by molar-refractivity contribution is 0.0570. The van der Waals surface area contributed by atoms with Gasteiger partial charge in [0.05, 0.1) is 13.2 Å². The van der Waals surface area contributed by atoms with E-state index in [0.717, 1.165) is 36.5 Å². The minimum atomic E-state index is 0.150. The maximum atomic E-state index is 12.3. The standard InChI is InChI=1S/C13H16N2O2/c1-14-5-6-15-12(8-14)10-4-3-9(17-2)7-11(10)13(15)16/h3-4,7,12H,5-6,8H2,1-2H3. The van der Waals surface area contributed by atoms with Crippen LogP contribution >= 0.6 is 0 Å². The number of hydrogen-bond donors (Lipinski definition) is 0. The van der Waals surface area contributed by atoms with E-state index in [2.05, 4.69) is 11.9 Å². The highest BCUT2D eigenvalue weighted by molar-refractivity contribution is 5.99. The summed E-state index contributed by atoms with van der Waals surface area (Å²) in [6, 6.07) is 6.04. The minimum absolute atomic E-state index is 0.150. The van der Waals surface area contributed by atoms with E-state index in [1.807, 2.05) is 23.1 Å². The maximum Gasteiger partial charge on any atom is 0.254 e. The third-order valence-corrected chi connectivity index (χ3v) is 3.69. The molecule has 4 heteroatoms. The van der Waals surface area contributed by atoms with Crippen LogP contribution in [-0.4, -0.2) is 49.5 Å². The summed E-state index contributed by atoms with van der Waals surface area (Å²) in [6.45, 7) is 2.69. The molecule has 0 aliphatic carbocycles. The highest BCUT2D eigenvalue weighted by atomic mass is 16.5. The molecule has 1 aromatic carbocycles. The average molecular weight is 232 g/mol. The van der Waals surface area contributed by atoms with Gasteiger partial charge in [-0.2, -0.15) is 0 Å². The number of hydrogen-bond acceptors (Lipinski definition) is 3. The monoisotopic (exact) mass is 232 g/mol. The lowest BCUT2D eigenvalue weighted by Crippen LogP contribution is -2.45. The SMILES string of the molecule is COc1ccc2c(c1)C(=O)N1CCN(C)CC21. The quantitative estimate of drug-likeness (QED) is 0.728. The average Bonchev–Trinajstić information content (AvgIpc) is 2.62. The first kappa shape index (κ1) is 10.6. The van der Waals surface area contributed by atoms with E-state index in [1.165, 1.54) is 0 Å². The summed E-state index contributed by atoms with van der Waals surface area (Å²) in [5, 5.41) is 0. The van der Waals surface area contributed by atoms with E-state index < -0.39 is 0 Å². The lowest BCUT2D eigenvalue weighted by atomic mass is 10.0. The number of nitrogens with zero attached hydrogens (tertiary/aromatic N) is 2. The summed E-state index contributed by atoms with van der Waals surface area (Å²) in [7, 11) is 3.73. The Morgan fingerprint density at radius 2 is 2.18 bits per heavy atom. The number of piperazine rings is 1. The molecule has 2 aliphatic heterocycles. The molecule has 2 aliphatic rings. The summed E-state index contributed by atoms with van der Waals surface area (Å²) in [5.74, 6) is 0.905. The van der Waals surface area contributed by atoms with Crippen molar-refractivity contribution in [1.82, 2.24) is 9.80 Å². The zero-order chi connectivity index (χ0) is 12.0. The van der Waals surface area contributed by atoms with Gasteiger partial charge in [-0.1, -0.05) is 6.07 Å². The summed E-state index contributed by atoms with van der Waals surface area (Å²) in [4.78, 5) is 16.5. The molecule has 1 aromatic rings. The molecular weight excluding hydrogens is 216 g/mol. The van der Waals surface area contributed by atoms with E-state index in [-0.39, 0.29) is 11.9 Å². The Bertz CT molecular complexity index is 472. The largest absolute Gasteiger partial charge is 0.497 e. The normalized spacial score (nSPS) is 23.5. The van der Waals surface area contributed by atoms with Gasteiger partial charge < -0.3 is 14.5 Å². The van der Waals surface area contributed by atoms with Crippen molar-refractivity contribution >= 4 is 5.91 Å². The van der Waals surface area contributed by atoms with Crippen molar-refractivity contribution in [3.63, 3.8) is 0 Å². The Labute approximate surface area is 101 Å². The maximum absolute atomic E-state index is 12.3. The third-order valence-electron chi connectivity index (χ3n) is 3.69. The zero-order valence-corrected chi connectivity index (χ0v) is 10.1. The summed E-state index contributed by atoms with van der Waals surface area (Å²) in [5.41, 5.74) is 1.95. The molecule has 0 aromatic heterocycles. The van der Waals surface area contributed by atoms with Crippen molar-refractivity contribution in [2.24, 2.45) is 0 Å². The van der Waals surface area contributed by atoms with Crippen LogP contribution in [0, 0.1) is 0 Å². The number of ether oxygens (including phenoxy) is 1. The van der Waals surface area contributed by atoms with Gasteiger partial charge in [-0.05, 0) is 24.7 Å². The molecule has 1 saturated heterocycles. The predicted octanol–water partition coefficient (Wildman–Crippen LogP) is 1.14. The number of carbonyl (C=O) groups excluding carboxylic acids is 1. The molecule has 1 fully saturated rings. The fourth-order valence-corrected chi connectivity index (χ4v) is 2.72. The van der Waals surface area contributed by atoms with Crippen LogP contribution in [0.1, 0.15) is 22.0 Å².